The normalized spacial score (nSPS) is 52.6. The molecule has 19 heteroatoms. The second-order valence-corrected chi connectivity index (χ2v) is 23.3. The van der Waals surface area contributed by atoms with Crippen LogP contribution in [0.15, 0.2) is 11.6 Å². The number of aliphatic hydroxyl groups is 10. The zero-order chi connectivity index (χ0) is 49.1. The Bertz CT molecular complexity index is 1870. The predicted octanol–water partition coefficient (Wildman–Crippen LogP) is 0.233. The Morgan fingerprint density at radius 2 is 1.22 bits per heavy atom. The van der Waals surface area contributed by atoms with E-state index in [-0.39, 0.29) is 35.5 Å². The van der Waals surface area contributed by atoms with Crippen LogP contribution in [0, 0.1) is 50.2 Å². The van der Waals surface area contributed by atoms with Crippen LogP contribution in [0.3, 0.4) is 0 Å². The van der Waals surface area contributed by atoms with Crippen LogP contribution in [0.2, 0.25) is 0 Å². The van der Waals surface area contributed by atoms with Gasteiger partial charge in [0.05, 0.1) is 36.3 Å². The second-order valence-electron chi connectivity index (χ2n) is 23.3. The number of carboxylic acids is 1. The Balaban J connectivity index is 1.02. The van der Waals surface area contributed by atoms with Gasteiger partial charge in [0.25, 0.3) is 0 Å². The lowest BCUT2D eigenvalue weighted by Gasteiger charge is -2.70. The van der Waals surface area contributed by atoms with Gasteiger partial charge < -0.3 is 84.6 Å². The number of aliphatic hydroxyl groups excluding tert-OH is 10. The van der Waals surface area contributed by atoms with E-state index in [1.807, 2.05) is 0 Å². The average molecular weight is 957 g/mol. The van der Waals surface area contributed by atoms with Gasteiger partial charge in [0, 0.05) is 0 Å². The van der Waals surface area contributed by atoms with E-state index in [2.05, 4.69) is 47.6 Å². The van der Waals surface area contributed by atoms with Crippen molar-refractivity contribution in [3.63, 3.8) is 0 Å². The van der Waals surface area contributed by atoms with E-state index in [1.165, 1.54) is 0 Å². The molecule has 3 saturated heterocycles. The van der Waals surface area contributed by atoms with Crippen molar-refractivity contribution < 1.29 is 94.2 Å². The Hall–Kier alpha value is -1.92. The smallest absolute Gasteiger partial charge is 0.315 e. The van der Waals surface area contributed by atoms with E-state index in [9.17, 15) is 65.8 Å². The van der Waals surface area contributed by atoms with Gasteiger partial charge in [-0.2, -0.15) is 0 Å². The first-order valence-corrected chi connectivity index (χ1v) is 24.3. The average Bonchev–Trinajstić information content (AvgIpc) is 3.27. The molecule has 7 fully saturated rings. The first-order valence-electron chi connectivity index (χ1n) is 24.3. The maximum Gasteiger partial charge on any atom is 0.315 e. The van der Waals surface area contributed by atoms with Gasteiger partial charge in [-0.05, 0) is 111 Å². The summed E-state index contributed by atoms with van der Waals surface area (Å²) in [4.78, 5) is 29.0. The van der Waals surface area contributed by atoms with Crippen molar-refractivity contribution in [2.75, 3.05) is 13.2 Å². The molecular formula is C48H76O19. The first kappa shape index (κ1) is 51.4. The van der Waals surface area contributed by atoms with Crippen LogP contribution in [0.4, 0.5) is 0 Å². The topological polar surface area (TPSA) is 312 Å². The van der Waals surface area contributed by atoms with Gasteiger partial charge in [-0.3, -0.25) is 9.59 Å². The van der Waals surface area contributed by atoms with Gasteiger partial charge in [-0.25, -0.2) is 0 Å². The third-order valence-corrected chi connectivity index (χ3v) is 19.1. The van der Waals surface area contributed by atoms with Crippen molar-refractivity contribution >= 4 is 11.9 Å². The SMILES string of the molecule is C[C@H]1O[C@H](O[C@H]2CC[C@]3(C)[C@H](CC[C@]4(C)[C@H]3CC=C3[C@@H]5CC(C)(C)CC[C@@]5(C(=O)O[C@H]5O[C@@H](CO)[C@H](O)[C@@H](O)[C@@H]5O)CC[C@@]34C(=O)O)C2(C)C)[C@@H](O)[C@@H](O)[C@H]1O[C@H]1O[C@@H](CO)[C@H](O)[C@@H](O)[C@H]1O. The standard InChI is InChI=1S/C48H76O19/c1-21-37(66-39-34(56)31(53)29(51)24(19-49)63-39)33(55)36(58)38(62-21)65-28-11-12-45(6)26(44(28,4)5)10-13-46(7)27(45)9-8-22-23-18-43(2,3)14-15-47(23,16-17-48(22,46)41(59)60)42(61)67-40-35(57)32(54)30(52)25(20-50)64-40/h8,21,23-40,49-58H,9-20H2,1-7H3,(H,59,60)/t21-,23+,24+,25+,26-,27+,28+,29+,30+,31-,32-,33-,34-,35+,36+,37+,38-,39-,40-,45-,46-,47-,48+/m1/s1. The number of ether oxygens (including phenoxy) is 6. The van der Waals surface area contributed by atoms with Gasteiger partial charge in [0.2, 0.25) is 6.29 Å². The lowest BCUT2D eigenvalue weighted by atomic mass is 9.33. The number of carbonyl (C=O) groups is 2. The maximum absolute atomic E-state index is 14.7. The molecule has 0 spiro atoms. The Morgan fingerprint density at radius 3 is 1.84 bits per heavy atom. The minimum atomic E-state index is -1.77. The molecule has 0 aromatic carbocycles. The summed E-state index contributed by atoms with van der Waals surface area (Å²) in [5, 5.41) is 117. The summed E-state index contributed by atoms with van der Waals surface area (Å²) in [5.74, 6) is -2.14. The van der Waals surface area contributed by atoms with Gasteiger partial charge in [-0.15, -0.1) is 0 Å². The molecule has 0 aromatic rings. The highest BCUT2D eigenvalue weighted by Crippen LogP contribution is 2.76. The van der Waals surface area contributed by atoms with E-state index in [1.54, 1.807) is 6.92 Å². The molecule has 23 atom stereocenters. The fourth-order valence-electron chi connectivity index (χ4n) is 15.1. The molecule has 0 bridgehead atoms. The molecular weight excluding hydrogens is 881 g/mol. The van der Waals surface area contributed by atoms with Crippen LogP contribution in [0.25, 0.3) is 0 Å². The minimum Gasteiger partial charge on any atom is -0.481 e. The maximum atomic E-state index is 14.7. The van der Waals surface area contributed by atoms with Crippen molar-refractivity contribution in [3.8, 4) is 0 Å². The molecule has 4 saturated carbocycles. The van der Waals surface area contributed by atoms with Gasteiger partial charge in [0.1, 0.15) is 67.1 Å². The monoisotopic (exact) mass is 956 g/mol. The third kappa shape index (κ3) is 7.88. The van der Waals surface area contributed by atoms with Crippen LogP contribution >= 0.6 is 0 Å². The molecule has 382 valence electrons. The molecule has 11 N–H and O–H groups in total. The van der Waals surface area contributed by atoms with Crippen molar-refractivity contribution in [3.05, 3.63) is 11.6 Å². The first-order chi connectivity index (χ1) is 31.3. The molecule has 5 aliphatic carbocycles. The molecule has 3 aliphatic heterocycles. The van der Waals surface area contributed by atoms with Crippen LogP contribution < -0.4 is 0 Å². The second kappa shape index (κ2) is 18.0. The summed E-state index contributed by atoms with van der Waals surface area (Å²) in [6, 6.07) is 0. The molecule has 0 radical (unpaired) electrons. The summed E-state index contributed by atoms with van der Waals surface area (Å²) in [6.07, 6.45) is -15.9. The number of esters is 1. The predicted molar refractivity (Wildman–Crippen MR) is 231 cm³/mol. The lowest BCUT2D eigenvalue weighted by molar-refractivity contribution is -0.364. The Morgan fingerprint density at radius 1 is 0.657 bits per heavy atom. The van der Waals surface area contributed by atoms with Crippen LogP contribution in [0.1, 0.15) is 113 Å². The molecule has 8 aliphatic rings. The molecule has 67 heavy (non-hydrogen) atoms. The van der Waals surface area contributed by atoms with Crippen molar-refractivity contribution in [2.24, 2.45) is 50.2 Å². The zero-order valence-corrected chi connectivity index (χ0v) is 39.7. The fourth-order valence-corrected chi connectivity index (χ4v) is 15.1. The number of hydrogen-bond donors (Lipinski definition) is 11. The number of carboxylic acid groups (broad SMARTS) is 1. The van der Waals surface area contributed by atoms with Crippen LogP contribution in [-0.2, 0) is 38.0 Å². The summed E-state index contributed by atoms with van der Waals surface area (Å²) < 4.78 is 35.6. The van der Waals surface area contributed by atoms with E-state index in [0.29, 0.717) is 51.4 Å². The highest BCUT2D eigenvalue weighted by atomic mass is 16.7. The van der Waals surface area contributed by atoms with E-state index >= 15 is 0 Å². The van der Waals surface area contributed by atoms with Gasteiger partial charge in [-0.1, -0.05) is 53.2 Å². The molecule has 0 unspecified atom stereocenters. The van der Waals surface area contributed by atoms with Crippen molar-refractivity contribution in [2.45, 2.75) is 211 Å². The number of fused-ring (bicyclic) bond motifs is 7. The number of carbonyl (C=O) groups excluding carboxylic acids is 1. The molecule has 19 nitrogen and oxygen atoms in total. The quantitative estimate of drug-likeness (QED) is 0.0838. The van der Waals surface area contributed by atoms with Gasteiger partial charge >= 0.3 is 11.9 Å². The summed E-state index contributed by atoms with van der Waals surface area (Å²) in [6.45, 7) is 13.1. The van der Waals surface area contributed by atoms with Crippen LogP contribution in [-0.4, -0.2) is 180 Å². The number of allylic oxidation sites excluding steroid dienone is 1. The number of aliphatic carboxylic acids is 1. The molecule has 0 amide bonds. The zero-order valence-electron chi connectivity index (χ0n) is 39.7. The highest BCUT2D eigenvalue weighted by molar-refractivity contribution is 5.85. The molecule has 8 rings (SSSR count). The molecule has 0 aromatic heterocycles. The summed E-state index contributed by atoms with van der Waals surface area (Å²) in [5.41, 5.74) is -3.59. The van der Waals surface area contributed by atoms with Crippen LogP contribution in [0.5, 0.6) is 0 Å². The van der Waals surface area contributed by atoms with E-state index < -0.39 is 151 Å². The fraction of sp³-hybridized carbons (Fsp3) is 0.917. The Labute approximate surface area is 391 Å². The van der Waals surface area contributed by atoms with E-state index in [0.717, 1.165) is 5.57 Å². The largest absolute Gasteiger partial charge is 0.481 e. The highest BCUT2D eigenvalue weighted by Gasteiger charge is 2.73. The van der Waals surface area contributed by atoms with Gasteiger partial charge in [0.15, 0.2) is 12.6 Å². The van der Waals surface area contributed by atoms with Crippen molar-refractivity contribution in [1.29, 1.82) is 0 Å². The molecule has 3 heterocycles. The minimum absolute atomic E-state index is 0.0350. The number of rotatable bonds is 9. The number of hydrogen-bond acceptors (Lipinski definition) is 18. The third-order valence-electron chi connectivity index (χ3n) is 19.1. The van der Waals surface area contributed by atoms with E-state index in [4.69, 9.17) is 28.4 Å². The van der Waals surface area contributed by atoms with Crippen molar-refractivity contribution in [1.82, 2.24) is 0 Å². The summed E-state index contributed by atoms with van der Waals surface area (Å²) >= 11 is 0. The lowest BCUT2D eigenvalue weighted by Crippen LogP contribution is -2.68. The Kier molecular flexibility index (Phi) is 13.8. The summed E-state index contributed by atoms with van der Waals surface area (Å²) in [7, 11) is 0.